The zero-order valence-corrected chi connectivity index (χ0v) is 25.4. The number of nitrogens with zero attached hydrogens (tertiary/aromatic N) is 3. The first-order valence-corrected chi connectivity index (χ1v) is 15.4. The molecule has 1 aliphatic rings. The Hall–Kier alpha value is -4.04. The van der Waals surface area contributed by atoms with E-state index in [0.717, 1.165) is 14.8 Å². The van der Waals surface area contributed by atoms with Crippen LogP contribution in [0.2, 0.25) is 5.02 Å². The van der Waals surface area contributed by atoms with Gasteiger partial charge in [-0.1, -0.05) is 35.9 Å². The largest absolute Gasteiger partial charge is 0.497 e. The number of rotatable bonds is 12. The van der Waals surface area contributed by atoms with E-state index >= 15 is 0 Å². The van der Waals surface area contributed by atoms with E-state index in [2.05, 4.69) is 0 Å². The van der Waals surface area contributed by atoms with E-state index in [4.69, 9.17) is 21.5 Å². The molecule has 1 unspecified atom stereocenters. The second kappa shape index (κ2) is 14.6. The van der Waals surface area contributed by atoms with Crippen LogP contribution < -0.4 is 10.2 Å². The van der Waals surface area contributed by atoms with E-state index < -0.39 is 52.7 Å². The predicted molar refractivity (Wildman–Crippen MR) is 159 cm³/mol. The average Bonchev–Trinajstić information content (AvgIpc) is 3.01. The van der Waals surface area contributed by atoms with Gasteiger partial charge >= 0.3 is 0 Å². The molecule has 234 valence electrons. The first-order valence-electron chi connectivity index (χ1n) is 13.6. The number of benzene rings is 3. The Labute approximate surface area is 259 Å². The molecule has 1 fully saturated rings. The highest BCUT2D eigenvalue weighted by Gasteiger charge is 2.38. The molecular formula is C30H32ClFN4O7S. The van der Waals surface area contributed by atoms with Gasteiger partial charge in [-0.15, -0.1) is 0 Å². The van der Waals surface area contributed by atoms with Crippen molar-refractivity contribution in [2.75, 3.05) is 33.3 Å². The first-order chi connectivity index (χ1) is 21.0. The van der Waals surface area contributed by atoms with E-state index in [0.29, 0.717) is 16.3 Å². The van der Waals surface area contributed by atoms with Crippen LogP contribution in [-0.2, 0) is 37.4 Å². The molecule has 1 atom stereocenters. The molecule has 0 radical (unpaired) electrons. The number of halogens is 2. The summed E-state index contributed by atoms with van der Waals surface area (Å²) in [6, 6.07) is 17.3. The van der Waals surface area contributed by atoms with Crippen LogP contribution in [0.15, 0.2) is 77.7 Å². The lowest BCUT2D eigenvalue weighted by molar-refractivity contribution is -0.151. The summed E-state index contributed by atoms with van der Waals surface area (Å²) in [5.74, 6) is -1.90. The van der Waals surface area contributed by atoms with Gasteiger partial charge in [0.05, 0.1) is 31.0 Å². The second-order valence-corrected chi connectivity index (χ2v) is 12.6. The lowest BCUT2D eigenvalue weighted by Crippen LogP contribution is -2.60. The van der Waals surface area contributed by atoms with Crippen LogP contribution in [0.3, 0.4) is 0 Å². The number of hydrogen-bond acceptors (Lipinski definition) is 7. The summed E-state index contributed by atoms with van der Waals surface area (Å²) in [5.41, 5.74) is 2.94. The van der Waals surface area contributed by atoms with E-state index in [1.807, 2.05) is 0 Å². The minimum Gasteiger partial charge on any atom is -0.497 e. The zero-order chi connectivity index (χ0) is 31.9. The average molecular weight is 647 g/mol. The first kappa shape index (κ1) is 32.9. The molecule has 1 heterocycles. The van der Waals surface area contributed by atoms with Crippen LogP contribution in [0.1, 0.15) is 17.5 Å². The van der Waals surface area contributed by atoms with Crippen LogP contribution in [0.25, 0.3) is 0 Å². The molecule has 0 aliphatic carbocycles. The van der Waals surface area contributed by atoms with Gasteiger partial charge in [-0.2, -0.15) is 4.31 Å². The molecule has 0 aromatic heterocycles. The lowest BCUT2D eigenvalue weighted by atomic mass is 10.1. The summed E-state index contributed by atoms with van der Waals surface area (Å²) in [4.78, 5) is 41.6. The Bertz CT molecular complexity index is 1590. The van der Waals surface area contributed by atoms with Crippen molar-refractivity contribution in [3.05, 3.63) is 94.8 Å². The molecule has 3 amide bonds. The minimum atomic E-state index is -4.20. The molecule has 0 saturated carbocycles. The highest BCUT2D eigenvalue weighted by Crippen LogP contribution is 2.23. The molecule has 3 aromatic carbocycles. The third-order valence-corrected chi connectivity index (χ3v) is 9.33. The molecule has 4 rings (SSSR count). The van der Waals surface area contributed by atoms with Gasteiger partial charge in [0.15, 0.2) is 0 Å². The fraction of sp³-hybridized carbons (Fsp3) is 0.300. The number of carbonyl (C=O) groups is 3. The third-order valence-electron chi connectivity index (χ3n) is 7.23. The predicted octanol–water partition coefficient (Wildman–Crippen LogP) is 2.86. The molecule has 0 spiro atoms. The summed E-state index contributed by atoms with van der Waals surface area (Å²) >= 11 is 6.11. The normalized spacial score (nSPS) is 15.4. The summed E-state index contributed by atoms with van der Waals surface area (Å²) < 4.78 is 47.1. The molecule has 2 N–H and O–H groups in total. The van der Waals surface area contributed by atoms with Crippen molar-refractivity contribution in [3.8, 4) is 5.75 Å². The molecule has 11 nitrogen and oxygen atoms in total. The van der Waals surface area contributed by atoms with Gasteiger partial charge in [0.25, 0.3) is 0 Å². The molecule has 3 aromatic rings. The van der Waals surface area contributed by atoms with Crippen molar-refractivity contribution in [2.24, 2.45) is 0 Å². The molecule has 1 aliphatic heterocycles. The van der Waals surface area contributed by atoms with Crippen molar-refractivity contribution in [2.45, 2.75) is 30.3 Å². The topological polar surface area (TPSA) is 137 Å². The van der Waals surface area contributed by atoms with E-state index in [-0.39, 0.29) is 37.4 Å². The van der Waals surface area contributed by atoms with Gasteiger partial charge in [0.1, 0.15) is 18.1 Å². The molecule has 44 heavy (non-hydrogen) atoms. The Balaban J connectivity index is 1.58. The highest BCUT2D eigenvalue weighted by atomic mass is 35.5. The maximum absolute atomic E-state index is 13.8. The standard InChI is InChI=1S/C30H32ClFN4O7S/c1-43-26-9-11-27(12-10-26)44(41,42)35(14-13-21-3-2-4-23(31)15-21)19-30(39)36-20-29(38)34(18-25(36)16-28(37)33-40)17-22-5-7-24(32)8-6-22/h2-12,15,25,40H,13-14,16-20H2,1H3,(H,33,37). The fourth-order valence-electron chi connectivity index (χ4n) is 4.89. The zero-order valence-electron chi connectivity index (χ0n) is 23.9. The Morgan fingerprint density at radius 3 is 2.43 bits per heavy atom. The van der Waals surface area contributed by atoms with E-state index in [1.165, 1.54) is 60.5 Å². The number of amides is 3. The summed E-state index contributed by atoms with van der Waals surface area (Å²) in [6.07, 6.45) is -0.104. The van der Waals surface area contributed by atoms with E-state index in [1.54, 1.807) is 29.7 Å². The van der Waals surface area contributed by atoms with Crippen molar-refractivity contribution in [1.82, 2.24) is 19.6 Å². The van der Waals surface area contributed by atoms with Gasteiger partial charge in [0, 0.05) is 24.7 Å². The number of carbonyl (C=O) groups excluding carboxylic acids is 3. The second-order valence-electron chi connectivity index (χ2n) is 10.2. The Kier molecular flexibility index (Phi) is 10.9. The summed E-state index contributed by atoms with van der Waals surface area (Å²) in [7, 11) is -2.75. The molecular weight excluding hydrogens is 615 g/mol. The number of hydrogen-bond donors (Lipinski definition) is 2. The van der Waals surface area contributed by atoms with Crippen molar-refractivity contribution in [1.29, 1.82) is 0 Å². The number of nitrogens with one attached hydrogen (secondary N) is 1. The fourth-order valence-corrected chi connectivity index (χ4v) is 6.49. The summed E-state index contributed by atoms with van der Waals surface area (Å²) in [5, 5.41) is 9.63. The molecule has 1 saturated heterocycles. The van der Waals surface area contributed by atoms with Crippen molar-refractivity contribution in [3.63, 3.8) is 0 Å². The highest BCUT2D eigenvalue weighted by molar-refractivity contribution is 7.89. The maximum Gasteiger partial charge on any atom is 0.245 e. The van der Waals surface area contributed by atoms with Crippen molar-refractivity contribution >= 4 is 39.3 Å². The number of piperazine rings is 1. The lowest BCUT2D eigenvalue weighted by Gasteiger charge is -2.41. The number of methoxy groups -OCH3 is 1. The van der Waals surface area contributed by atoms with Gasteiger partial charge in [-0.3, -0.25) is 19.6 Å². The molecule has 0 bridgehead atoms. The van der Waals surface area contributed by atoms with Crippen LogP contribution in [0, 0.1) is 5.82 Å². The SMILES string of the molecule is COc1ccc(S(=O)(=O)N(CCc2cccc(Cl)c2)CC(=O)N2CC(=O)N(Cc3ccc(F)cc3)CC2CC(=O)NO)cc1. The Morgan fingerprint density at radius 2 is 1.80 bits per heavy atom. The van der Waals surface area contributed by atoms with Gasteiger partial charge < -0.3 is 14.5 Å². The smallest absolute Gasteiger partial charge is 0.245 e. The monoisotopic (exact) mass is 646 g/mol. The van der Waals surface area contributed by atoms with Crippen LogP contribution >= 0.6 is 11.6 Å². The van der Waals surface area contributed by atoms with E-state index in [9.17, 15) is 27.2 Å². The third kappa shape index (κ3) is 8.32. The van der Waals surface area contributed by atoms with Crippen LogP contribution in [0.5, 0.6) is 5.75 Å². The van der Waals surface area contributed by atoms with Crippen molar-refractivity contribution < 1.29 is 37.1 Å². The molecule has 14 heteroatoms. The van der Waals surface area contributed by atoms with Crippen LogP contribution in [-0.4, -0.2) is 84.8 Å². The summed E-state index contributed by atoms with van der Waals surface area (Å²) in [6.45, 7) is -1.08. The maximum atomic E-state index is 13.8. The number of hydroxylamine groups is 1. The van der Waals surface area contributed by atoms with Gasteiger partial charge in [0.2, 0.25) is 27.7 Å². The van der Waals surface area contributed by atoms with Gasteiger partial charge in [-0.05, 0) is 66.1 Å². The Morgan fingerprint density at radius 1 is 1.09 bits per heavy atom. The quantitative estimate of drug-likeness (QED) is 0.228. The minimum absolute atomic E-state index is 0.0615. The van der Waals surface area contributed by atoms with Gasteiger partial charge in [-0.25, -0.2) is 18.3 Å². The number of sulfonamides is 1. The number of ether oxygens (including phenoxy) is 1. The van der Waals surface area contributed by atoms with Crippen LogP contribution in [0.4, 0.5) is 4.39 Å².